The van der Waals surface area contributed by atoms with Gasteiger partial charge in [0.2, 0.25) is 0 Å². The third-order valence-corrected chi connectivity index (χ3v) is 5.86. The van der Waals surface area contributed by atoms with Crippen molar-refractivity contribution in [2.45, 2.75) is 41.2 Å². The van der Waals surface area contributed by atoms with E-state index in [1.807, 2.05) is 0 Å². The SMILES string of the molecule is NC1CCC2C(Cl)(Cl)[C@@]2(c2cccc(C(F)(F)F)c2)C1. The van der Waals surface area contributed by atoms with Crippen molar-refractivity contribution in [3.8, 4) is 0 Å². The van der Waals surface area contributed by atoms with Crippen molar-refractivity contribution in [1.82, 2.24) is 0 Å². The predicted molar refractivity (Wildman–Crippen MR) is 72.9 cm³/mol. The van der Waals surface area contributed by atoms with E-state index in [4.69, 9.17) is 28.9 Å². The first-order chi connectivity index (χ1) is 9.19. The Kier molecular flexibility index (Phi) is 3.10. The fraction of sp³-hybridized carbons (Fsp3) is 0.571. The normalized spacial score (nSPS) is 35.5. The first kappa shape index (κ1) is 14.5. The summed E-state index contributed by atoms with van der Waals surface area (Å²) in [5.74, 6) is -0.0124. The van der Waals surface area contributed by atoms with Gasteiger partial charge in [0.05, 0.1) is 5.56 Å². The van der Waals surface area contributed by atoms with Crippen LogP contribution in [-0.2, 0) is 11.6 Å². The van der Waals surface area contributed by atoms with Crippen LogP contribution in [0.25, 0.3) is 0 Å². The van der Waals surface area contributed by atoms with Crippen LogP contribution in [0.5, 0.6) is 0 Å². The van der Waals surface area contributed by atoms with Crippen LogP contribution >= 0.6 is 23.2 Å². The van der Waals surface area contributed by atoms with Crippen molar-refractivity contribution in [1.29, 1.82) is 0 Å². The van der Waals surface area contributed by atoms with Gasteiger partial charge in [0.15, 0.2) is 0 Å². The summed E-state index contributed by atoms with van der Waals surface area (Å²) in [5, 5.41) is 0. The average Bonchev–Trinajstić information content (AvgIpc) is 2.86. The second-order valence-electron chi connectivity index (χ2n) is 5.77. The van der Waals surface area contributed by atoms with Crippen LogP contribution in [0.3, 0.4) is 0 Å². The summed E-state index contributed by atoms with van der Waals surface area (Å²) in [6, 6.07) is 5.24. The van der Waals surface area contributed by atoms with Gasteiger partial charge in [0.1, 0.15) is 4.33 Å². The summed E-state index contributed by atoms with van der Waals surface area (Å²) in [7, 11) is 0. The summed E-state index contributed by atoms with van der Waals surface area (Å²) < 4.78 is 37.5. The Labute approximate surface area is 125 Å². The largest absolute Gasteiger partial charge is 0.416 e. The molecular formula is C14H14Cl2F3N. The molecule has 0 aliphatic heterocycles. The molecule has 3 rings (SSSR count). The van der Waals surface area contributed by atoms with Crippen molar-refractivity contribution >= 4 is 23.2 Å². The summed E-state index contributed by atoms with van der Waals surface area (Å²) in [5.41, 5.74) is 5.23. The summed E-state index contributed by atoms with van der Waals surface area (Å²) in [6.07, 6.45) is -2.27. The number of hydrogen-bond donors (Lipinski definition) is 1. The fourth-order valence-corrected chi connectivity index (χ4v) is 4.74. The van der Waals surface area contributed by atoms with Gasteiger partial charge in [-0.1, -0.05) is 18.2 Å². The molecule has 3 atom stereocenters. The molecule has 110 valence electrons. The Bertz CT molecular complexity index is 543. The maximum atomic E-state index is 12.9. The monoisotopic (exact) mass is 323 g/mol. The van der Waals surface area contributed by atoms with Gasteiger partial charge < -0.3 is 5.73 Å². The van der Waals surface area contributed by atoms with Crippen molar-refractivity contribution < 1.29 is 13.2 Å². The Balaban J connectivity index is 2.04. The number of benzene rings is 1. The van der Waals surface area contributed by atoms with Gasteiger partial charge in [-0.2, -0.15) is 13.2 Å². The Morgan fingerprint density at radius 3 is 2.55 bits per heavy atom. The molecule has 0 spiro atoms. The highest BCUT2D eigenvalue weighted by Crippen LogP contribution is 2.74. The topological polar surface area (TPSA) is 26.0 Å². The molecule has 6 heteroatoms. The summed E-state index contributed by atoms with van der Waals surface area (Å²) >= 11 is 12.7. The maximum absolute atomic E-state index is 12.9. The van der Waals surface area contributed by atoms with Crippen molar-refractivity contribution in [2.24, 2.45) is 11.7 Å². The summed E-state index contributed by atoms with van der Waals surface area (Å²) in [4.78, 5) is 0. The third-order valence-electron chi connectivity index (χ3n) is 4.66. The molecule has 1 aromatic carbocycles. The van der Waals surface area contributed by atoms with E-state index in [0.29, 0.717) is 12.0 Å². The molecule has 2 N–H and O–H groups in total. The highest BCUT2D eigenvalue weighted by Gasteiger charge is 2.77. The zero-order chi connectivity index (χ0) is 14.8. The van der Waals surface area contributed by atoms with Crippen LogP contribution in [0, 0.1) is 5.92 Å². The van der Waals surface area contributed by atoms with Gasteiger partial charge in [0, 0.05) is 17.4 Å². The second-order valence-corrected chi connectivity index (χ2v) is 7.15. The van der Waals surface area contributed by atoms with Crippen molar-refractivity contribution in [3.05, 3.63) is 35.4 Å². The van der Waals surface area contributed by atoms with E-state index in [-0.39, 0.29) is 12.0 Å². The zero-order valence-electron chi connectivity index (χ0n) is 10.6. The van der Waals surface area contributed by atoms with E-state index >= 15 is 0 Å². The lowest BCUT2D eigenvalue weighted by atomic mass is 9.80. The van der Waals surface area contributed by atoms with Crippen LogP contribution in [0.2, 0.25) is 0 Å². The van der Waals surface area contributed by atoms with Crippen LogP contribution < -0.4 is 5.73 Å². The fourth-order valence-electron chi connectivity index (χ4n) is 3.62. The number of alkyl halides is 5. The molecule has 0 saturated heterocycles. The Morgan fingerprint density at radius 2 is 1.90 bits per heavy atom. The van der Waals surface area contributed by atoms with Crippen LogP contribution in [0.1, 0.15) is 30.4 Å². The van der Waals surface area contributed by atoms with E-state index in [2.05, 4.69) is 0 Å². The molecule has 1 nitrogen and oxygen atoms in total. The number of halogens is 5. The molecule has 0 aromatic heterocycles. The standard InChI is InChI=1S/C14H14Cl2F3N/c15-13(16)11-5-4-10(20)7-12(11,13)8-2-1-3-9(6-8)14(17,18)19/h1-3,6,10-11H,4-5,7,20H2/t10?,11?,12-/m1/s1. The molecule has 20 heavy (non-hydrogen) atoms. The maximum Gasteiger partial charge on any atom is 0.416 e. The summed E-state index contributed by atoms with van der Waals surface area (Å²) in [6.45, 7) is 0. The minimum absolute atomic E-state index is 0.0124. The van der Waals surface area contributed by atoms with Crippen LogP contribution in [0.4, 0.5) is 13.2 Å². The van der Waals surface area contributed by atoms with Gasteiger partial charge in [0.25, 0.3) is 0 Å². The van der Waals surface area contributed by atoms with Gasteiger partial charge >= 0.3 is 6.18 Å². The lowest BCUT2D eigenvalue weighted by Crippen LogP contribution is -2.32. The number of nitrogens with two attached hydrogens (primary N) is 1. The van der Waals surface area contributed by atoms with E-state index in [1.54, 1.807) is 6.07 Å². The molecule has 2 aliphatic rings. The first-order valence-electron chi connectivity index (χ1n) is 6.51. The second kappa shape index (κ2) is 4.28. The predicted octanol–water partition coefficient (Wildman–Crippen LogP) is 4.26. The lowest BCUT2D eigenvalue weighted by Gasteiger charge is -2.27. The number of fused-ring (bicyclic) bond motifs is 1. The van der Waals surface area contributed by atoms with Gasteiger partial charge in [-0.05, 0) is 30.9 Å². The molecule has 0 heterocycles. The van der Waals surface area contributed by atoms with Crippen molar-refractivity contribution in [2.75, 3.05) is 0 Å². The van der Waals surface area contributed by atoms with E-state index in [1.165, 1.54) is 6.07 Å². The van der Waals surface area contributed by atoms with Crippen LogP contribution in [0.15, 0.2) is 24.3 Å². The van der Waals surface area contributed by atoms with Gasteiger partial charge in [-0.25, -0.2) is 0 Å². The molecule has 2 fully saturated rings. The number of hydrogen-bond acceptors (Lipinski definition) is 1. The van der Waals surface area contributed by atoms with E-state index in [9.17, 15) is 13.2 Å². The minimum atomic E-state index is -4.37. The molecule has 2 saturated carbocycles. The Morgan fingerprint density at radius 1 is 1.20 bits per heavy atom. The molecule has 0 amide bonds. The van der Waals surface area contributed by atoms with Gasteiger partial charge in [-0.3, -0.25) is 0 Å². The molecular weight excluding hydrogens is 310 g/mol. The molecule has 2 aliphatic carbocycles. The molecule has 0 radical (unpaired) electrons. The Hall–Kier alpha value is -0.450. The molecule has 0 bridgehead atoms. The molecule has 2 unspecified atom stereocenters. The van der Waals surface area contributed by atoms with Crippen molar-refractivity contribution in [3.63, 3.8) is 0 Å². The number of rotatable bonds is 1. The lowest BCUT2D eigenvalue weighted by molar-refractivity contribution is -0.137. The minimum Gasteiger partial charge on any atom is -0.328 e. The van der Waals surface area contributed by atoms with Crippen LogP contribution in [-0.4, -0.2) is 10.4 Å². The molecule has 1 aromatic rings. The van der Waals surface area contributed by atoms with E-state index in [0.717, 1.165) is 25.0 Å². The third kappa shape index (κ3) is 1.88. The zero-order valence-corrected chi connectivity index (χ0v) is 12.1. The van der Waals surface area contributed by atoms with Gasteiger partial charge in [-0.15, -0.1) is 23.2 Å². The highest BCUT2D eigenvalue weighted by atomic mass is 35.5. The highest BCUT2D eigenvalue weighted by molar-refractivity contribution is 6.52. The average molecular weight is 324 g/mol. The van der Waals surface area contributed by atoms with E-state index < -0.39 is 21.5 Å². The first-order valence-corrected chi connectivity index (χ1v) is 7.26. The smallest absolute Gasteiger partial charge is 0.328 e. The quantitative estimate of drug-likeness (QED) is 0.768.